The summed E-state index contributed by atoms with van der Waals surface area (Å²) in [7, 11) is 0. The van der Waals surface area contributed by atoms with Crippen LogP contribution in [-0.4, -0.2) is 17.6 Å². The third-order valence-corrected chi connectivity index (χ3v) is 5.48. The number of anilines is 2. The van der Waals surface area contributed by atoms with Crippen molar-refractivity contribution < 1.29 is 9.59 Å². The van der Waals surface area contributed by atoms with E-state index < -0.39 is 0 Å². The monoisotopic (exact) mass is 354 g/mol. The van der Waals surface area contributed by atoms with Crippen molar-refractivity contribution in [2.75, 3.05) is 16.0 Å². The lowest BCUT2D eigenvalue weighted by Gasteiger charge is -2.25. The molecule has 1 heterocycles. The van der Waals surface area contributed by atoms with Gasteiger partial charge in [0.05, 0.1) is 5.75 Å². The van der Waals surface area contributed by atoms with Gasteiger partial charge >= 0.3 is 0 Å². The molecule has 0 aromatic heterocycles. The average molecular weight is 354 g/mol. The van der Waals surface area contributed by atoms with E-state index in [9.17, 15) is 9.59 Å². The van der Waals surface area contributed by atoms with Crippen molar-refractivity contribution in [1.82, 2.24) is 0 Å². The standard InChI is InChI=1S/C20H22N2O2S/c1-3-14-6-5-7-17(12-14)22-19(24)13-25-20(22)15-8-10-16(11-9-15)21-18(23)4-2/h5-12,20H,3-4,13H2,1-2H3,(H,21,23)/t20-/m1/s1. The summed E-state index contributed by atoms with van der Waals surface area (Å²) in [6, 6.07) is 15.9. The smallest absolute Gasteiger partial charge is 0.238 e. The highest BCUT2D eigenvalue weighted by molar-refractivity contribution is 8.00. The van der Waals surface area contributed by atoms with Crippen LogP contribution in [0.1, 0.15) is 36.8 Å². The molecule has 3 rings (SSSR count). The van der Waals surface area contributed by atoms with E-state index in [1.807, 2.05) is 48.2 Å². The van der Waals surface area contributed by atoms with Gasteiger partial charge in [-0.3, -0.25) is 14.5 Å². The predicted molar refractivity (Wildman–Crippen MR) is 104 cm³/mol. The molecule has 1 fully saturated rings. The molecule has 130 valence electrons. The van der Waals surface area contributed by atoms with E-state index >= 15 is 0 Å². The van der Waals surface area contributed by atoms with Crippen molar-refractivity contribution in [3.8, 4) is 0 Å². The highest BCUT2D eigenvalue weighted by atomic mass is 32.2. The molecule has 0 saturated carbocycles. The van der Waals surface area contributed by atoms with E-state index in [1.54, 1.807) is 11.8 Å². The summed E-state index contributed by atoms with van der Waals surface area (Å²) in [6.07, 6.45) is 1.40. The predicted octanol–water partition coefficient (Wildman–Crippen LogP) is 4.38. The number of nitrogens with one attached hydrogen (secondary N) is 1. The zero-order chi connectivity index (χ0) is 17.8. The normalized spacial score (nSPS) is 17.0. The van der Waals surface area contributed by atoms with Crippen LogP contribution in [0.3, 0.4) is 0 Å². The van der Waals surface area contributed by atoms with Crippen molar-refractivity contribution >= 4 is 35.0 Å². The quantitative estimate of drug-likeness (QED) is 0.867. The van der Waals surface area contributed by atoms with Gasteiger partial charge in [-0.15, -0.1) is 11.8 Å². The first-order valence-electron chi connectivity index (χ1n) is 8.54. The van der Waals surface area contributed by atoms with Crippen LogP contribution in [0.25, 0.3) is 0 Å². The van der Waals surface area contributed by atoms with Crippen LogP contribution >= 0.6 is 11.8 Å². The van der Waals surface area contributed by atoms with Crippen LogP contribution in [0, 0.1) is 0 Å². The first-order chi connectivity index (χ1) is 12.1. The van der Waals surface area contributed by atoms with E-state index in [4.69, 9.17) is 0 Å². The molecule has 0 radical (unpaired) electrons. The highest BCUT2D eigenvalue weighted by Gasteiger charge is 2.34. The highest BCUT2D eigenvalue weighted by Crippen LogP contribution is 2.42. The second kappa shape index (κ2) is 7.74. The van der Waals surface area contributed by atoms with E-state index in [0.29, 0.717) is 12.2 Å². The lowest BCUT2D eigenvalue weighted by atomic mass is 10.1. The molecule has 0 aliphatic carbocycles. The summed E-state index contributed by atoms with van der Waals surface area (Å²) in [5, 5.41) is 2.82. The SMILES string of the molecule is CCC(=O)Nc1ccc([C@H]2SCC(=O)N2c2cccc(CC)c2)cc1. The number of thioether (sulfide) groups is 1. The van der Waals surface area contributed by atoms with E-state index in [1.165, 1.54) is 5.56 Å². The zero-order valence-electron chi connectivity index (χ0n) is 14.5. The Hall–Kier alpha value is -2.27. The van der Waals surface area contributed by atoms with Gasteiger partial charge in [0, 0.05) is 17.8 Å². The molecule has 1 aliphatic rings. The van der Waals surface area contributed by atoms with Gasteiger partial charge in [-0.25, -0.2) is 0 Å². The fraction of sp³-hybridized carbons (Fsp3) is 0.300. The molecule has 0 spiro atoms. The molecule has 0 bridgehead atoms. The van der Waals surface area contributed by atoms with Gasteiger partial charge in [-0.1, -0.05) is 38.1 Å². The van der Waals surface area contributed by atoms with Gasteiger partial charge in [0.2, 0.25) is 11.8 Å². The molecular formula is C20H22N2O2S. The number of carbonyl (C=O) groups excluding carboxylic acids is 2. The third-order valence-electron chi connectivity index (χ3n) is 4.27. The Kier molecular flexibility index (Phi) is 5.43. The minimum atomic E-state index is -0.0319. The third kappa shape index (κ3) is 3.87. The van der Waals surface area contributed by atoms with Gasteiger partial charge < -0.3 is 5.32 Å². The lowest BCUT2D eigenvalue weighted by molar-refractivity contribution is -0.116. The summed E-state index contributed by atoms with van der Waals surface area (Å²) in [6.45, 7) is 3.94. The largest absolute Gasteiger partial charge is 0.326 e. The second-order valence-electron chi connectivity index (χ2n) is 5.97. The van der Waals surface area contributed by atoms with Crippen molar-refractivity contribution in [3.63, 3.8) is 0 Å². The summed E-state index contributed by atoms with van der Waals surface area (Å²) in [4.78, 5) is 25.8. The Morgan fingerprint density at radius 1 is 1.20 bits per heavy atom. The van der Waals surface area contributed by atoms with Gasteiger partial charge in [0.1, 0.15) is 5.37 Å². The number of benzene rings is 2. The Morgan fingerprint density at radius 3 is 2.64 bits per heavy atom. The topological polar surface area (TPSA) is 49.4 Å². The molecule has 2 aromatic carbocycles. The minimum absolute atomic E-state index is 0.00354. The van der Waals surface area contributed by atoms with E-state index in [-0.39, 0.29) is 17.2 Å². The summed E-state index contributed by atoms with van der Waals surface area (Å²) < 4.78 is 0. The van der Waals surface area contributed by atoms with E-state index in [2.05, 4.69) is 24.4 Å². The summed E-state index contributed by atoms with van der Waals surface area (Å²) in [5.74, 6) is 0.609. The lowest BCUT2D eigenvalue weighted by Crippen LogP contribution is -2.27. The Labute approximate surface area is 152 Å². The first kappa shape index (κ1) is 17.5. The fourth-order valence-electron chi connectivity index (χ4n) is 2.86. The maximum absolute atomic E-state index is 12.5. The van der Waals surface area contributed by atoms with Crippen molar-refractivity contribution in [2.45, 2.75) is 32.1 Å². The number of rotatable bonds is 5. The van der Waals surface area contributed by atoms with Crippen molar-refractivity contribution in [2.24, 2.45) is 0 Å². The maximum Gasteiger partial charge on any atom is 0.238 e. The molecule has 1 atom stereocenters. The Bertz CT molecular complexity index is 774. The number of hydrogen-bond donors (Lipinski definition) is 1. The molecule has 5 heteroatoms. The number of nitrogens with zero attached hydrogens (tertiary/aromatic N) is 1. The van der Waals surface area contributed by atoms with Gasteiger partial charge in [0.15, 0.2) is 0 Å². The molecule has 1 aliphatic heterocycles. The minimum Gasteiger partial charge on any atom is -0.326 e. The molecule has 1 N–H and O–H groups in total. The van der Waals surface area contributed by atoms with Crippen LogP contribution in [0.15, 0.2) is 48.5 Å². The number of hydrogen-bond acceptors (Lipinski definition) is 3. The molecular weight excluding hydrogens is 332 g/mol. The Morgan fingerprint density at radius 2 is 1.96 bits per heavy atom. The van der Waals surface area contributed by atoms with Gasteiger partial charge in [-0.2, -0.15) is 0 Å². The Balaban J connectivity index is 1.85. The average Bonchev–Trinajstić information content (AvgIpc) is 3.03. The van der Waals surface area contributed by atoms with Crippen LogP contribution in [-0.2, 0) is 16.0 Å². The van der Waals surface area contributed by atoms with Crippen LogP contribution in [0.4, 0.5) is 11.4 Å². The van der Waals surface area contributed by atoms with Crippen LogP contribution in [0.5, 0.6) is 0 Å². The summed E-state index contributed by atoms with van der Waals surface area (Å²) >= 11 is 1.63. The fourth-order valence-corrected chi connectivity index (χ4v) is 4.03. The molecule has 25 heavy (non-hydrogen) atoms. The number of aryl methyl sites for hydroxylation is 1. The number of amides is 2. The molecule has 2 amide bonds. The molecule has 2 aromatic rings. The van der Waals surface area contributed by atoms with Gasteiger partial charge in [0.25, 0.3) is 0 Å². The van der Waals surface area contributed by atoms with Crippen LogP contribution in [0.2, 0.25) is 0 Å². The van der Waals surface area contributed by atoms with Crippen molar-refractivity contribution in [1.29, 1.82) is 0 Å². The second-order valence-corrected chi connectivity index (χ2v) is 7.04. The molecule has 0 unspecified atom stereocenters. The van der Waals surface area contributed by atoms with Crippen LogP contribution < -0.4 is 10.2 Å². The molecule has 4 nitrogen and oxygen atoms in total. The first-order valence-corrected chi connectivity index (χ1v) is 9.59. The van der Waals surface area contributed by atoms with Gasteiger partial charge in [-0.05, 0) is 41.8 Å². The maximum atomic E-state index is 12.5. The van der Waals surface area contributed by atoms with Crippen molar-refractivity contribution in [3.05, 3.63) is 59.7 Å². The zero-order valence-corrected chi connectivity index (χ0v) is 15.3. The summed E-state index contributed by atoms with van der Waals surface area (Å²) in [5.41, 5.74) is 4.01. The molecule has 1 saturated heterocycles. The van der Waals surface area contributed by atoms with E-state index in [0.717, 1.165) is 23.4 Å². The number of carbonyl (C=O) groups is 2.